The van der Waals surface area contributed by atoms with E-state index in [4.69, 9.17) is 4.74 Å². The summed E-state index contributed by atoms with van der Waals surface area (Å²) in [5.74, 6) is -1.91. The van der Waals surface area contributed by atoms with Crippen molar-refractivity contribution in [2.45, 2.75) is 25.9 Å². The molecule has 2 heterocycles. The molecule has 0 spiro atoms. The van der Waals surface area contributed by atoms with Gasteiger partial charge < -0.3 is 4.74 Å². The van der Waals surface area contributed by atoms with Gasteiger partial charge in [0.05, 0.1) is 0 Å². The lowest BCUT2D eigenvalue weighted by atomic mass is 10.3. The zero-order valence-corrected chi connectivity index (χ0v) is 19.1. The maximum Gasteiger partial charge on any atom is 0.321 e. The van der Waals surface area contributed by atoms with E-state index in [-0.39, 0.29) is 16.5 Å². The summed E-state index contributed by atoms with van der Waals surface area (Å²) in [5, 5.41) is 7.27. The second-order valence-electron chi connectivity index (χ2n) is 5.17. The predicted molar refractivity (Wildman–Crippen MR) is 102 cm³/mol. The minimum Gasteiger partial charge on any atom is -0.424 e. The Balaban J connectivity index is 0.000000248. The number of nitrogens with zero attached hydrogens (tertiary/aromatic N) is 6. The Bertz CT molecular complexity index is 965. The fourth-order valence-corrected chi connectivity index (χ4v) is 3.20. The van der Waals surface area contributed by atoms with Crippen LogP contribution in [0.3, 0.4) is 0 Å². The van der Waals surface area contributed by atoms with Crippen molar-refractivity contribution in [3.05, 3.63) is 44.0 Å². The molecule has 0 saturated carbocycles. The zero-order valence-electron chi connectivity index (χ0n) is 14.3. The summed E-state index contributed by atoms with van der Waals surface area (Å²) in [6.45, 7) is -1.19. The Morgan fingerprint density at radius 1 is 0.800 bits per heavy atom. The Hall–Kier alpha value is -1.68. The lowest BCUT2D eigenvalue weighted by molar-refractivity contribution is 0.117. The molecule has 2 aromatic heterocycles. The Morgan fingerprint density at radius 2 is 1.30 bits per heavy atom. The fourth-order valence-electron chi connectivity index (χ4n) is 1.86. The molecule has 0 aliphatic heterocycles. The Morgan fingerprint density at radius 3 is 1.80 bits per heavy atom. The van der Waals surface area contributed by atoms with E-state index < -0.39 is 37.6 Å². The lowest BCUT2D eigenvalue weighted by Gasteiger charge is -2.06. The summed E-state index contributed by atoms with van der Waals surface area (Å²) in [6.07, 6.45) is -5.08. The predicted octanol–water partition coefficient (Wildman–Crippen LogP) is 5.44. The minimum atomic E-state index is -2.67. The summed E-state index contributed by atoms with van der Waals surface area (Å²) in [5.41, 5.74) is 0. The van der Waals surface area contributed by atoms with Crippen LogP contribution in [0.25, 0.3) is 0 Å². The summed E-state index contributed by atoms with van der Waals surface area (Å²) < 4.78 is 81.6. The molecule has 1 aromatic carbocycles. The van der Waals surface area contributed by atoms with Gasteiger partial charge in [0.2, 0.25) is 9.47 Å². The van der Waals surface area contributed by atoms with Gasteiger partial charge in [-0.15, -0.1) is 10.2 Å². The summed E-state index contributed by atoms with van der Waals surface area (Å²) >= 11 is 8.83. The molecule has 0 atom stereocenters. The molecule has 30 heavy (non-hydrogen) atoms. The van der Waals surface area contributed by atoms with Crippen molar-refractivity contribution in [1.82, 2.24) is 29.5 Å². The third-order valence-electron chi connectivity index (χ3n) is 2.88. The number of ether oxygens (including phenoxy) is 1. The number of alkyl halides is 4. The molecular formula is C14H9Br3F6N6O. The molecule has 7 nitrogen and oxygen atoms in total. The molecule has 0 N–H and O–H groups in total. The van der Waals surface area contributed by atoms with Gasteiger partial charge in [-0.25, -0.2) is 35.7 Å². The maximum atomic E-state index is 13.0. The van der Waals surface area contributed by atoms with Gasteiger partial charge >= 0.3 is 6.01 Å². The highest BCUT2D eigenvalue weighted by Gasteiger charge is 2.15. The highest BCUT2D eigenvalue weighted by molar-refractivity contribution is 9.11. The van der Waals surface area contributed by atoms with Crippen LogP contribution in [0.15, 0.2) is 32.4 Å². The third-order valence-corrected chi connectivity index (χ3v) is 4.14. The number of hydrogen-bond acceptors (Lipinski definition) is 5. The van der Waals surface area contributed by atoms with E-state index in [1.807, 2.05) is 0 Å². The van der Waals surface area contributed by atoms with Crippen molar-refractivity contribution in [2.75, 3.05) is 0 Å². The zero-order chi connectivity index (χ0) is 22.4. The van der Waals surface area contributed by atoms with Gasteiger partial charge in [0.15, 0.2) is 4.73 Å². The number of halogens is 9. The summed E-state index contributed by atoms with van der Waals surface area (Å²) in [4.78, 5) is 7.40. The van der Waals surface area contributed by atoms with E-state index >= 15 is 0 Å². The molecule has 0 saturated heterocycles. The van der Waals surface area contributed by atoms with E-state index in [1.165, 1.54) is 0 Å². The van der Waals surface area contributed by atoms with Gasteiger partial charge in [-0.05, 0) is 47.8 Å². The standard InChI is InChI=1S/C10H6BrF4N3O.C4H3Br2F2N3/c11-9-16-10(18(17-9)4-8(14)15)19-7-2-5(12)1-6(13)3-7;5-3-9-4(6)11(10-3)1-2(7)8/h1-3,8H,4H2;2H,1H2. The molecule has 0 amide bonds. The van der Waals surface area contributed by atoms with E-state index in [0.717, 1.165) is 21.5 Å². The second-order valence-corrected chi connectivity index (χ2v) is 7.29. The maximum absolute atomic E-state index is 13.0. The largest absolute Gasteiger partial charge is 0.424 e. The monoisotopic (exact) mass is 628 g/mol. The van der Waals surface area contributed by atoms with Crippen LogP contribution in [-0.2, 0) is 13.1 Å². The van der Waals surface area contributed by atoms with Crippen LogP contribution < -0.4 is 4.74 Å². The van der Waals surface area contributed by atoms with Crippen LogP contribution in [-0.4, -0.2) is 42.4 Å². The van der Waals surface area contributed by atoms with Gasteiger partial charge in [-0.3, -0.25) is 0 Å². The number of benzene rings is 1. The first kappa shape index (κ1) is 24.6. The fraction of sp³-hybridized carbons (Fsp3) is 0.286. The van der Waals surface area contributed by atoms with Crippen molar-refractivity contribution in [3.63, 3.8) is 0 Å². The summed E-state index contributed by atoms with van der Waals surface area (Å²) in [7, 11) is 0. The van der Waals surface area contributed by atoms with E-state index in [9.17, 15) is 26.3 Å². The van der Waals surface area contributed by atoms with Crippen molar-refractivity contribution in [3.8, 4) is 11.8 Å². The normalized spacial score (nSPS) is 11.0. The lowest BCUT2D eigenvalue weighted by Crippen LogP contribution is -2.09. The van der Waals surface area contributed by atoms with Crippen LogP contribution >= 0.6 is 47.8 Å². The van der Waals surface area contributed by atoms with Gasteiger partial charge in [-0.1, -0.05) is 0 Å². The number of aromatic nitrogens is 6. The van der Waals surface area contributed by atoms with E-state index in [1.54, 1.807) is 0 Å². The number of hydrogen-bond donors (Lipinski definition) is 0. The highest BCUT2D eigenvalue weighted by Crippen LogP contribution is 2.23. The van der Waals surface area contributed by atoms with Crippen LogP contribution in [0.5, 0.6) is 11.8 Å². The third kappa shape index (κ3) is 7.86. The molecular weight excluding hydrogens is 622 g/mol. The van der Waals surface area contributed by atoms with Crippen LogP contribution in [0, 0.1) is 11.6 Å². The first-order chi connectivity index (χ1) is 14.0. The first-order valence-electron chi connectivity index (χ1n) is 7.60. The van der Waals surface area contributed by atoms with Crippen molar-refractivity contribution >= 4 is 47.8 Å². The smallest absolute Gasteiger partial charge is 0.321 e. The number of rotatable bonds is 6. The van der Waals surface area contributed by atoms with E-state index in [0.29, 0.717) is 15.5 Å². The SMILES string of the molecule is FC(F)Cn1nc(Br)nc1Br.Fc1cc(F)cc(Oc2nc(Br)nn2CC(F)F)c1. The van der Waals surface area contributed by atoms with Crippen molar-refractivity contribution < 1.29 is 31.1 Å². The van der Waals surface area contributed by atoms with Gasteiger partial charge in [0.25, 0.3) is 12.9 Å². The molecule has 0 fully saturated rings. The Labute approximate surface area is 189 Å². The molecule has 0 aliphatic rings. The molecule has 16 heteroatoms. The van der Waals surface area contributed by atoms with Gasteiger partial charge in [0.1, 0.15) is 30.5 Å². The van der Waals surface area contributed by atoms with Crippen LogP contribution in [0.1, 0.15) is 0 Å². The van der Waals surface area contributed by atoms with Crippen LogP contribution in [0.2, 0.25) is 0 Å². The molecule has 3 rings (SSSR count). The topological polar surface area (TPSA) is 70.7 Å². The molecule has 0 aliphatic carbocycles. The first-order valence-corrected chi connectivity index (χ1v) is 9.97. The van der Waals surface area contributed by atoms with Gasteiger partial charge in [0, 0.05) is 18.2 Å². The molecule has 0 bridgehead atoms. The average molecular weight is 631 g/mol. The van der Waals surface area contributed by atoms with Gasteiger partial charge in [-0.2, -0.15) is 9.97 Å². The highest BCUT2D eigenvalue weighted by atomic mass is 79.9. The summed E-state index contributed by atoms with van der Waals surface area (Å²) in [6, 6.07) is 2.17. The molecule has 3 aromatic rings. The molecule has 164 valence electrons. The van der Waals surface area contributed by atoms with E-state index in [2.05, 4.69) is 68.0 Å². The van der Waals surface area contributed by atoms with Crippen molar-refractivity contribution in [1.29, 1.82) is 0 Å². The molecule has 0 radical (unpaired) electrons. The Kier molecular flexibility index (Phi) is 9.09. The minimum absolute atomic E-state index is 0.0278. The second kappa shape index (κ2) is 11.1. The molecule has 0 unspecified atom stereocenters. The van der Waals surface area contributed by atoms with Crippen LogP contribution in [0.4, 0.5) is 26.3 Å². The quantitative estimate of drug-likeness (QED) is 0.339. The van der Waals surface area contributed by atoms with Crippen molar-refractivity contribution in [2.24, 2.45) is 0 Å². The average Bonchev–Trinajstić information content (AvgIpc) is 3.07.